The SMILES string of the molecule is CC[C@H]1OC(C)(O)[C@H](C)[C@@H](C)[C@@H]1C.C[C@@H]1O[C@H](CO)[C@@H](O)[C@H](O)[C@H]1O.I.[B].[B].[CH3-].[CH3-].[CH3-].[CH3-].[Y].[Y]. The third-order valence-corrected chi connectivity index (χ3v) is 5.97. The van der Waals surface area contributed by atoms with Gasteiger partial charge in [-0.3, -0.25) is 0 Å². The van der Waals surface area contributed by atoms with Crippen LogP contribution in [-0.4, -0.2) is 91.4 Å². The van der Waals surface area contributed by atoms with Gasteiger partial charge in [0.25, 0.3) is 0 Å². The Hall–Kier alpha value is 2.79. The summed E-state index contributed by atoms with van der Waals surface area (Å²) in [6.07, 6.45) is -3.75. The normalized spacial score (nSPS) is 37.3. The Balaban J connectivity index is -0.0000000416. The summed E-state index contributed by atoms with van der Waals surface area (Å²) in [5.41, 5.74) is 0. The molecule has 2 saturated heterocycles. The molecule has 0 aliphatic carbocycles. The first-order chi connectivity index (χ1) is 11.5. The van der Waals surface area contributed by atoms with Gasteiger partial charge in [-0.25, -0.2) is 0 Å². The number of halogens is 1. The van der Waals surface area contributed by atoms with Crippen molar-refractivity contribution in [3.05, 3.63) is 29.7 Å². The average molecular weight is 752 g/mol. The molecule has 8 radical (unpaired) electrons. The zero-order valence-electron chi connectivity index (χ0n) is 22.9. The van der Waals surface area contributed by atoms with Gasteiger partial charge >= 0.3 is 0 Å². The number of hydrogen-bond donors (Lipinski definition) is 5. The molecule has 12 heteroatoms. The fraction of sp³-hybridized carbons (Fsp3) is 0.818. The summed E-state index contributed by atoms with van der Waals surface area (Å²) in [6, 6.07) is 0. The van der Waals surface area contributed by atoms with Crippen LogP contribution in [0.1, 0.15) is 48.0 Å². The van der Waals surface area contributed by atoms with Gasteiger partial charge in [-0.05, 0) is 32.1 Å². The molecule has 2 fully saturated rings. The fourth-order valence-electron chi connectivity index (χ4n) is 3.55. The van der Waals surface area contributed by atoms with Crippen LogP contribution in [0.2, 0.25) is 0 Å². The van der Waals surface area contributed by atoms with E-state index >= 15 is 0 Å². The van der Waals surface area contributed by atoms with E-state index in [1.165, 1.54) is 0 Å². The van der Waals surface area contributed by atoms with Crippen molar-refractivity contribution in [2.75, 3.05) is 6.61 Å². The van der Waals surface area contributed by atoms with Crippen molar-refractivity contribution in [3.63, 3.8) is 0 Å². The Morgan fingerprint density at radius 1 is 0.765 bits per heavy atom. The minimum atomic E-state index is -1.24. The fourth-order valence-corrected chi connectivity index (χ4v) is 3.55. The summed E-state index contributed by atoms with van der Waals surface area (Å²) < 4.78 is 10.7. The van der Waals surface area contributed by atoms with Gasteiger partial charge in [-0.1, -0.05) is 27.7 Å². The molecule has 5 N–H and O–H groups in total. The zero-order valence-corrected chi connectivity index (χ0v) is 30.9. The van der Waals surface area contributed by atoms with Crippen LogP contribution in [0.5, 0.6) is 0 Å². The number of hydrogen-bond acceptors (Lipinski definition) is 7. The van der Waals surface area contributed by atoms with Gasteiger partial charge in [0.2, 0.25) is 0 Å². The van der Waals surface area contributed by atoms with Crippen LogP contribution < -0.4 is 0 Å². The molecule has 0 aromatic carbocycles. The van der Waals surface area contributed by atoms with Gasteiger partial charge in [-0.15, -0.1) is 24.0 Å². The number of aliphatic hydroxyl groups is 5. The average Bonchev–Trinajstić information content (AvgIpc) is 2.58. The van der Waals surface area contributed by atoms with Crippen LogP contribution in [-0.2, 0) is 74.9 Å². The second-order valence-corrected chi connectivity index (χ2v) is 7.66. The Bertz CT molecular complexity index is 426. The van der Waals surface area contributed by atoms with Crippen molar-refractivity contribution in [2.45, 2.75) is 90.4 Å². The van der Waals surface area contributed by atoms with Gasteiger partial charge in [0, 0.05) is 88.2 Å². The maximum Gasteiger partial charge on any atom is 0.165 e. The van der Waals surface area contributed by atoms with Crippen molar-refractivity contribution in [1.82, 2.24) is 0 Å². The van der Waals surface area contributed by atoms with Gasteiger partial charge in [0.05, 0.1) is 18.8 Å². The molecule has 202 valence electrons. The molecule has 7 nitrogen and oxygen atoms in total. The van der Waals surface area contributed by atoms with E-state index in [2.05, 4.69) is 27.7 Å². The van der Waals surface area contributed by atoms with E-state index in [-0.39, 0.29) is 155 Å². The van der Waals surface area contributed by atoms with E-state index in [0.717, 1.165) is 6.42 Å². The summed E-state index contributed by atoms with van der Waals surface area (Å²) in [5, 5.41) is 46.4. The molecule has 2 rings (SSSR count). The maximum absolute atomic E-state index is 10.0. The first kappa shape index (κ1) is 61.0. The second-order valence-electron chi connectivity index (χ2n) is 7.66. The third kappa shape index (κ3) is 16.0. The monoisotopic (exact) mass is 752 g/mol. The summed E-state index contributed by atoms with van der Waals surface area (Å²) >= 11 is 0. The quantitative estimate of drug-likeness (QED) is 0.166. The predicted octanol–water partition coefficient (Wildman–Crippen LogP) is 1.91. The van der Waals surface area contributed by atoms with Gasteiger partial charge < -0.3 is 64.7 Å². The molecule has 2 aliphatic heterocycles. The van der Waals surface area contributed by atoms with Crippen molar-refractivity contribution >= 4 is 40.8 Å². The molecular weight excluding hydrogens is 703 g/mol. The molecule has 0 aromatic heterocycles. The van der Waals surface area contributed by atoms with Crippen LogP contribution in [0.15, 0.2) is 0 Å². The molecule has 0 bridgehead atoms. The van der Waals surface area contributed by atoms with Crippen molar-refractivity contribution in [2.24, 2.45) is 17.8 Å². The van der Waals surface area contributed by atoms with Crippen molar-refractivity contribution in [1.29, 1.82) is 0 Å². The maximum atomic E-state index is 10.0. The van der Waals surface area contributed by atoms with Crippen LogP contribution in [0, 0.1) is 47.5 Å². The van der Waals surface area contributed by atoms with Crippen molar-refractivity contribution < 1.29 is 100 Å². The van der Waals surface area contributed by atoms with Crippen LogP contribution in [0.25, 0.3) is 0 Å². The van der Waals surface area contributed by atoms with Crippen LogP contribution in [0.3, 0.4) is 0 Å². The molecule has 0 aromatic rings. The van der Waals surface area contributed by atoms with Gasteiger partial charge in [0.15, 0.2) is 5.79 Å². The Labute approximate surface area is 282 Å². The van der Waals surface area contributed by atoms with E-state index in [4.69, 9.17) is 14.6 Å². The summed E-state index contributed by atoms with van der Waals surface area (Å²) in [5.74, 6) is 0.339. The first-order valence-corrected chi connectivity index (χ1v) is 9.18. The smallest absolute Gasteiger partial charge is 0.165 e. The number of ether oxygens (including phenoxy) is 2. The predicted molar refractivity (Wildman–Crippen MR) is 145 cm³/mol. The molecular formula is C22H49B2IO7Y2-4. The Morgan fingerprint density at radius 2 is 1.18 bits per heavy atom. The van der Waals surface area contributed by atoms with E-state index < -0.39 is 36.3 Å². The van der Waals surface area contributed by atoms with E-state index in [9.17, 15) is 20.4 Å². The van der Waals surface area contributed by atoms with Crippen LogP contribution in [0.4, 0.5) is 0 Å². The molecule has 2 aliphatic rings. The van der Waals surface area contributed by atoms with Crippen LogP contribution >= 0.6 is 24.0 Å². The topological polar surface area (TPSA) is 120 Å². The first-order valence-electron chi connectivity index (χ1n) is 9.18. The Morgan fingerprint density at radius 3 is 1.53 bits per heavy atom. The second kappa shape index (κ2) is 27.4. The molecule has 2 heterocycles. The molecule has 0 spiro atoms. The molecule has 34 heavy (non-hydrogen) atoms. The summed E-state index contributed by atoms with van der Waals surface area (Å²) in [7, 11) is 0. The molecule has 0 amide bonds. The minimum Gasteiger partial charge on any atom is -0.394 e. The Kier molecular flexibility index (Phi) is 49.1. The number of rotatable bonds is 2. The molecule has 10 atom stereocenters. The van der Waals surface area contributed by atoms with E-state index in [1.54, 1.807) is 13.8 Å². The number of aliphatic hydroxyl groups excluding tert-OH is 4. The zero-order chi connectivity index (χ0) is 19.5. The van der Waals surface area contributed by atoms with Crippen molar-refractivity contribution in [3.8, 4) is 0 Å². The van der Waals surface area contributed by atoms with E-state index in [1.807, 2.05) is 0 Å². The third-order valence-electron chi connectivity index (χ3n) is 5.97. The minimum absolute atomic E-state index is 0. The standard InChI is InChI=1S/C11H22O2.C7H14O5.4CH3.2B.HI.2Y/c1-6-10-8(3)7(2)9(4)11(5,12)13-10;1-3-5(9)7(11)6(10)4(2-8)12-3;;;;;;;;;/h7-10,12H,6H2,1-5H3;3-11H,2H2,1H3;4*1H3;;;1H;;/q;;4*-1;;;;;/t7-,8-,9+,10+,11?;3-,4+,5-,6+,7+;;;;;;;;;/m00........./s1. The largest absolute Gasteiger partial charge is 0.394 e. The summed E-state index contributed by atoms with van der Waals surface area (Å²) in [4.78, 5) is 0. The molecule has 1 unspecified atom stereocenters. The molecule has 0 saturated carbocycles. The van der Waals surface area contributed by atoms with Gasteiger partial charge in [-0.2, -0.15) is 0 Å². The van der Waals surface area contributed by atoms with E-state index in [0.29, 0.717) is 11.8 Å². The van der Waals surface area contributed by atoms with Gasteiger partial charge in [0.1, 0.15) is 24.4 Å². The summed E-state index contributed by atoms with van der Waals surface area (Å²) in [6.45, 7) is 11.6.